The summed E-state index contributed by atoms with van der Waals surface area (Å²) in [5, 5.41) is 17.6. The lowest BCUT2D eigenvalue weighted by atomic mass is 10.2. The molecule has 0 amide bonds. The zero-order valence-corrected chi connectivity index (χ0v) is 13.2. The number of likely N-dealkylation sites (N-methyl/N-ethyl adjacent to an activating group) is 1. The van der Waals surface area contributed by atoms with Gasteiger partial charge in [0.1, 0.15) is 5.82 Å². The van der Waals surface area contributed by atoms with E-state index >= 15 is 0 Å². The standard InChI is InChI=1S/C16H24N4O/c1-12(21)11-19(4)16-15(10-17-3)13(2)18-20(16)14-8-6-5-7-9-14/h5-9,12,17,21H,10-11H2,1-4H3. The summed E-state index contributed by atoms with van der Waals surface area (Å²) in [5.41, 5.74) is 3.18. The van der Waals surface area contributed by atoms with E-state index in [1.54, 1.807) is 6.92 Å². The molecule has 0 aliphatic rings. The number of benzene rings is 1. The largest absolute Gasteiger partial charge is 0.392 e. The van der Waals surface area contributed by atoms with E-state index in [0.717, 1.165) is 29.3 Å². The molecule has 5 heteroatoms. The number of aryl methyl sites for hydroxylation is 1. The van der Waals surface area contributed by atoms with Crippen LogP contribution in [0.15, 0.2) is 30.3 Å². The van der Waals surface area contributed by atoms with Gasteiger partial charge in [0.2, 0.25) is 0 Å². The van der Waals surface area contributed by atoms with Crippen molar-refractivity contribution in [3.05, 3.63) is 41.6 Å². The fourth-order valence-corrected chi connectivity index (χ4v) is 2.56. The van der Waals surface area contributed by atoms with Gasteiger partial charge >= 0.3 is 0 Å². The van der Waals surface area contributed by atoms with Gasteiger partial charge in [-0.2, -0.15) is 5.10 Å². The lowest BCUT2D eigenvalue weighted by Crippen LogP contribution is -2.30. The second-order valence-electron chi connectivity index (χ2n) is 5.39. The van der Waals surface area contributed by atoms with Crippen molar-refractivity contribution in [2.45, 2.75) is 26.5 Å². The Morgan fingerprint density at radius 2 is 2.00 bits per heavy atom. The van der Waals surface area contributed by atoms with Crippen LogP contribution in [0.1, 0.15) is 18.2 Å². The van der Waals surface area contributed by atoms with Gasteiger partial charge in [-0.3, -0.25) is 0 Å². The van der Waals surface area contributed by atoms with Crippen LogP contribution >= 0.6 is 0 Å². The van der Waals surface area contributed by atoms with Crippen LogP contribution in [0, 0.1) is 6.92 Å². The monoisotopic (exact) mass is 288 g/mol. The van der Waals surface area contributed by atoms with Crippen LogP contribution in [0.4, 0.5) is 5.82 Å². The van der Waals surface area contributed by atoms with Crippen molar-refractivity contribution in [2.24, 2.45) is 0 Å². The van der Waals surface area contributed by atoms with Crippen molar-refractivity contribution in [2.75, 3.05) is 25.5 Å². The minimum absolute atomic E-state index is 0.392. The summed E-state index contributed by atoms with van der Waals surface area (Å²) in [7, 11) is 3.92. The van der Waals surface area contributed by atoms with E-state index in [4.69, 9.17) is 0 Å². The van der Waals surface area contributed by atoms with Crippen molar-refractivity contribution in [3.63, 3.8) is 0 Å². The summed E-state index contributed by atoms with van der Waals surface area (Å²) in [6, 6.07) is 10.1. The summed E-state index contributed by atoms with van der Waals surface area (Å²) in [4.78, 5) is 2.06. The Hall–Kier alpha value is -1.85. The second kappa shape index (κ2) is 6.74. The maximum atomic E-state index is 9.69. The molecule has 0 radical (unpaired) electrons. The molecule has 0 fully saturated rings. The Labute approximate surface area is 126 Å². The average molecular weight is 288 g/mol. The quantitative estimate of drug-likeness (QED) is 0.850. The number of hydrogen-bond acceptors (Lipinski definition) is 4. The molecule has 2 aromatic rings. The summed E-state index contributed by atoms with van der Waals surface area (Å²) in [6.07, 6.45) is -0.392. The first-order valence-electron chi connectivity index (χ1n) is 7.22. The van der Waals surface area contributed by atoms with E-state index in [9.17, 15) is 5.11 Å². The Morgan fingerprint density at radius 1 is 1.33 bits per heavy atom. The van der Waals surface area contributed by atoms with Gasteiger partial charge in [0, 0.05) is 25.7 Å². The highest BCUT2D eigenvalue weighted by atomic mass is 16.3. The molecule has 1 unspecified atom stereocenters. The Balaban J connectivity index is 2.52. The summed E-state index contributed by atoms with van der Waals surface area (Å²) >= 11 is 0. The fourth-order valence-electron chi connectivity index (χ4n) is 2.56. The van der Waals surface area contributed by atoms with Crippen LogP contribution in [0.25, 0.3) is 5.69 Å². The number of aromatic nitrogens is 2. The third-order valence-corrected chi connectivity index (χ3v) is 3.41. The van der Waals surface area contributed by atoms with Gasteiger partial charge in [-0.25, -0.2) is 4.68 Å². The first kappa shape index (κ1) is 15.5. The number of nitrogens with zero attached hydrogens (tertiary/aromatic N) is 3. The molecule has 0 saturated carbocycles. The molecule has 1 aromatic carbocycles. The van der Waals surface area contributed by atoms with Crippen molar-refractivity contribution in [1.82, 2.24) is 15.1 Å². The van der Waals surface area contributed by atoms with Crippen LogP contribution in [0.3, 0.4) is 0 Å². The number of rotatable bonds is 6. The molecular formula is C16H24N4O. The second-order valence-corrected chi connectivity index (χ2v) is 5.39. The molecule has 0 spiro atoms. The molecule has 5 nitrogen and oxygen atoms in total. The number of hydrogen-bond donors (Lipinski definition) is 2. The summed E-state index contributed by atoms with van der Waals surface area (Å²) in [5.74, 6) is 1.02. The molecule has 1 aromatic heterocycles. The minimum Gasteiger partial charge on any atom is -0.392 e. The predicted octanol–water partition coefficient (Wildman–Crippen LogP) is 1.72. The van der Waals surface area contributed by atoms with Gasteiger partial charge in [-0.15, -0.1) is 0 Å². The van der Waals surface area contributed by atoms with Crippen LogP contribution in [-0.4, -0.2) is 41.6 Å². The number of nitrogens with one attached hydrogen (secondary N) is 1. The topological polar surface area (TPSA) is 53.3 Å². The molecule has 1 atom stereocenters. The van der Waals surface area contributed by atoms with Gasteiger partial charge in [0.05, 0.1) is 17.5 Å². The van der Waals surface area contributed by atoms with Crippen LogP contribution < -0.4 is 10.2 Å². The molecule has 21 heavy (non-hydrogen) atoms. The van der Waals surface area contributed by atoms with E-state index < -0.39 is 6.10 Å². The lowest BCUT2D eigenvalue weighted by molar-refractivity contribution is 0.201. The highest BCUT2D eigenvalue weighted by Gasteiger charge is 2.20. The third kappa shape index (κ3) is 3.43. The number of para-hydroxylation sites is 1. The van der Waals surface area contributed by atoms with Crippen molar-refractivity contribution in [3.8, 4) is 5.69 Å². The van der Waals surface area contributed by atoms with E-state index in [1.165, 1.54) is 0 Å². The number of aliphatic hydroxyl groups excluding tert-OH is 1. The molecule has 0 bridgehead atoms. The first-order chi connectivity index (χ1) is 10.0. The Kier molecular flexibility index (Phi) is 4.98. The third-order valence-electron chi connectivity index (χ3n) is 3.41. The SMILES string of the molecule is CNCc1c(C)nn(-c2ccccc2)c1N(C)CC(C)O. The normalized spacial score (nSPS) is 12.4. The number of anilines is 1. The summed E-state index contributed by atoms with van der Waals surface area (Å²) < 4.78 is 1.95. The molecule has 114 valence electrons. The van der Waals surface area contributed by atoms with Gasteiger partial charge in [0.15, 0.2) is 0 Å². The van der Waals surface area contributed by atoms with E-state index in [2.05, 4.69) is 15.3 Å². The maximum Gasteiger partial charge on any atom is 0.137 e. The smallest absolute Gasteiger partial charge is 0.137 e. The Morgan fingerprint density at radius 3 is 2.57 bits per heavy atom. The van der Waals surface area contributed by atoms with Gasteiger partial charge in [-0.05, 0) is 33.0 Å². The first-order valence-corrected chi connectivity index (χ1v) is 7.22. The van der Waals surface area contributed by atoms with Crippen LogP contribution in [0.5, 0.6) is 0 Å². The molecular weight excluding hydrogens is 264 g/mol. The highest BCUT2D eigenvalue weighted by molar-refractivity contribution is 5.55. The number of aliphatic hydroxyl groups is 1. The van der Waals surface area contributed by atoms with E-state index in [1.807, 2.05) is 56.0 Å². The minimum atomic E-state index is -0.392. The van der Waals surface area contributed by atoms with Gasteiger partial charge in [-0.1, -0.05) is 18.2 Å². The summed E-state index contributed by atoms with van der Waals surface area (Å²) in [6.45, 7) is 5.13. The van der Waals surface area contributed by atoms with Gasteiger partial charge < -0.3 is 15.3 Å². The van der Waals surface area contributed by atoms with E-state index in [0.29, 0.717) is 6.54 Å². The zero-order valence-electron chi connectivity index (χ0n) is 13.2. The molecule has 0 aliphatic carbocycles. The maximum absolute atomic E-state index is 9.69. The predicted molar refractivity (Wildman–Crippen MR) is 86.0 cm³/mol. The molecule has 0 aliphatic heterocycles. The van der Waals surface area contributed by atoms with Crippen LogP contribution in [-0.2, 0) is 6.54 Å². The van der Waals surface area contributed by atoms with Crippen molar-refractivity contribution >= 4 is 5.82 Å². The average Bonchev–Trinajstić information content (AvgIpc) is 2.77. The molecule has 1 heterocycles. The van der Waals surface area contributed by atoms with Crippen LogP contribution in [0.2, 0.25) is 0 Å². The molecule has 2 rings (SSSR count). The Bertz CT molecular complexity index is 577. The molecule has 2 N–H and O–H groups in total. The van der Waals surface area contributed by atoms with E-state index in [-0.39, 0.29) is 0 Å². The lowest BCUT2D eigenvalue weighted by Gasteiger charge is -2.23. The van der Waals surface area contributed by atoms with Crippen molar-refractivity contribution < 1.29 is 5.11 Å². The van der Waals surface area contributed by atoms with Crippen molar-refractivity contribution in [1.29, 1.82) is 0 Å². The molecule has 0 saturated heterocycles. The van der Waals surface area contributed by atoms with Gasteiger partial charge in [0.25, 0.3) is 0 Å². The fraction of sp³-hybridized carbons (Fsp3) is 0.438. The zero-order chi connectivity index (χ0) is 15.4. The highest BCUT2D eigenvalue weighted by Crippen LogP contribution is 2.26.